The first-order valence-electron chi connectivity index (χ1n) is 5.95. The first-order chi connectivity index (χ1) is 7.33. The minimum absolute atomic E-state index is 0.589. The van der Waals surface area contributed by atoms with Crippen molar-refractivity contribution in [2.75, 3.05) is 19.8 Å². The Bertz CT molecular complexity index is 181. The molecule has 0 aliphatic heterocycles. The molecule has 0 aromatic rings. The molecule has 0 amide bonds. The van der Waals surface area contributed by atoms with Crippen LogP contribution in [-0.4, -0.2) is 30.9 Å². The van der Waals surface area contributed by atoms with Crippen LogP contribution in [0, 0.1) is 0 Å². The van der Waals surface area contributed by atoms with Gasteiger partial charge in [-0.1, -0.05) is 19.3 Å². The third-order valence-corrected chi connectivity index (χ3v) is 2.94. The molecule has 0 radical (unpaired) electrons. The van der Waals surface area contributed by atoms with Gasteiger partial charge in [0.05, 0.1) is 6.61 Å². The summed E-state index contributed by atoms with van der Waals surface area (Å²) in [6.45, 7) is 4.29. The van der Waals surface area contributed by atoms with Gasteiger partial charge in [-0.15, -0.1) is 0 Å². The Balaban J connectivity index is 2.01. The maximum atomic E-state index is 5.22. The van der Waals surface area contributed by atoms with E-state index < -0.39 is 0 Å². The molecule has 0 bridgehead atoms. The highest BCUT2D eigenvalue weighted by molar-refractivity contribution is 7.80. The van der Waals surface area contributed by atoms with Crippen molar-refractivity contribution < 1.29 is 4.74 Å². The normalized spacial score (nSPS) is 17.4. The summed E-state index contributed by atoms with van der Waals surface area (Å²) < 4.78 is 5.22. The minimum Gasteiger partial charge on any atom is -0.380 e. The largest absolute Gasteiger partial charge is 0.380 e. The SMILES string of the molecule is CCOCCNC(=S)NC1CCCCC1. The molecule has 0 spiro atoms. The van der Waals surface area contributed by atoms with Gasteiger partial charge in [0.15, 0.2) is 5.11 Å². The van der Waals surface area contributed by atoms with Crippen LogP contribution in [0.25, 0.3) is 0 Å². The lowest BCUT2D eigenvalue weighted by Gasteiger charge is -2.24. The Labute approximate surface area is 98.0 Å². The number of hydrogen-bond acceptors (Lipinski definition) is 2. The van der Waals surface area contributed by atoms with Gasteiger partial charge < -0.3 is 15.4 Å². The van der Waals surface area contributed by atoms with E-state index in [1.807, 2.05) is 6.92 Å². The lowest BCUT2D eigenvalue weighted by atomic mass is 9.96. The van der Waals surface area contributed by atoms with E-state index in [1.165, 1.54) is 32.1 Å². The molecule has 0 heterocycles. The summed E-state index contributed by atoms with van der Waals surface area (Å²) in [7, 11) is 0. The summed E-state index contributed by atoms with van der Waals surface area (Å²) >= 11 is 5.21. The standard InChI is InChI=1S/C11H22N2OS/c1-2-14-9-8-12-11(15)13-10-6-4-3-5-7-10/h10H,2-9H2,1H3,(H2,12,13,15). The van der Waals surface area contributed by atoms with Crippen LogP contribution in [0.5, 0.6) is 0 Å². The van der Waals surface area contributed by atoms with Crippen LogP contribution in [0.4, 0.5) is 0 Å². The van der Waals surface area contributed by atoms with Crippen molar-refractivity contribution in [1.82, 2.24) is 10.6 Å². The zero-order chi connectivity index (χ0) is 10.9. The van der Waals surface area contributed by atoms with Gasteiger partial charge in [-0.2, -0.15) is 0 Å². The molecule has 1 saturated carbocycles. The van der Waals surface area contributed by atoms with Gasteiger partial charge in [-0.05, 0) is 32.0 Å². The zero-order valence-electron chi connectivity index (χ0n) is 9.55. The molecule has 1 aliphatic rings. The van der Waals surface area contributed by atoms with E-state index in [0.717, 1.165) is 24.9 Å². The molecule has 0 unspecified atom stereocenters. The quantitative estimate of drug-likeness (QED) is 0.557. The van der Waals surface area contributed by atoms with Crippen molar-refractivity contribution in [3.63, 3.8) is 0 Å². The third kappa shape index (κ3) is 5.95. The van der Waals surface area contributed by atoms with Crippen molar-refractivity contribution in [3.8, 4) is 0 Å². The van der Waals surface area contributed by atoms with Gasteiger partial charge in [0.2, 0.25) is 0 Å². The van der Waals surface area contributed by atoms with Crippen LogP contribution in [0.3, 0.4) is 0 Å². The summed E-state index contributed by atoms with van der Waals surface area (Å²) in [5.74, 6) is 0. The van der Waals surface area contributed by atoms with E-state index in [-0.39, 0.29) is 0 Å². The predicted molar refractivity (Wildman–Crippen MR) is 67.1 cm³/mol. The second-order valence-corrected chi connectivity index (χ2v) is 4.34. The van der Waals surface area contributed by atoms with Crippen molar-refractivity contribution >= 4 is 17.3 Å². The van der Waals surface area contributed by atoms with Gasteiger partial charge in [0.25, 0.3) is 0 Å². The fraction of sp³-hybridized carbons (Fsp3) is 0.909. The summed E-state index contributed by atoms with van der Waals surface area (Å²) in [4.78, 5) is 0. The Morgan fingerprint density at radius 1 is 1.33 bits per heavy atom. The average molecular weight is 230 g/mol. The van der Waals surface area contributed by atoms with E-state index in [0.29, 0.717) is 6.04 Å². The number of ether oxygens (including phenoxy) is 1. The van der Waals surface area contributed by atoms with E-state index in [9.17, 15) is 0 Å². The van der Waals surface area contributed by atoms with E-state index in [4.69, 9.17) is 17.0 Å². The molecule has 3 nitrogen and oxygen atoms in total. The second-order valence-electron chi connectivity index (χ2n) is 3.93. The maximum Gasteiger partial charge on any atom is 0.166 e. The maximum absolute atomic E-state index is 5.22. The minimum atomic E-state index is 0.589. The molecule has 1 rings (SSSR count). The van der Waals surface area contributed by atoms with Crippen molar-refractivity contribution in [2.45, 2.75) is 45.1 Å². The van der Waals surface area contributed by atoms with Gasteiger partial charge >= 0.3 is 0 Å². The highest BCUT2D eigenvalue weighted by Crippen LogP contribution is 2.16. The van der Waals surface area contributed by atoms with E-state index in [1.54, 1.807) is 0 Å². The highest BCUT2D eigenvalue weighted by Gasteiger charge is 2.13. The Kier molecular flexibility index (Phi) is 6.68. The molecule has 15 heavy (non-hydrogen) atoms. The second kappa shape index (κ2) is 7.88. The zero-order valence-corrected chi connectivity index (χ0v) is 10.4. The van der Waals surface area contributed by atoms with Gasteiger partial charge in [-0.25, -0.2) is 0 Å². The van der Waals surface area contributed by atoms with Gasteiger partial charge in [-0.3, -0.25) is 0 Å². The summed E-state index contributed by atoms with van der Waals surface area (Å²) in [5.41, 5.74) is 0. The Morgan fingerprint density at radius 2 is 2.07 bits per heavy atom. The van der Waals surface area contributed by atoms with Crippen LogP contribution in [0.1, 0.15) is 39.0 Å². The van der Waals surface area contributed by atoms with Crippen molar-refractivity contribution in [3.05, 3.63) is 0 Å². The van der Waals surface area contributed by atoms with Crippen molar-refractivity contribution in [2.24, 2.45) is 0 Å². The fourth-order valence-corrected chi connectivity index (χ4v) is 2.13. The van der Waals surface area contributed by atoms with Gasteiger partial charge in [0.1, 0.15) is 0 Å². The number of hydrogen-bond donors (Lipinski definition) is 2. The fourth-order valence-electron chi connectivity index (χ4n) is 1.86. The van der Waals surface area contributed by atoms with Crippen LogP contribution in [0.2, 0.25) is 0 Å². The molecular formula is C11H22N2OS. The third-order valence-electron chi connectivity index (χ3n) is 2.68. The molecule has 0 saturated heterocycles. The van der Waals surface area contributed by atoms with Crippen LogP contribution in [0.15, 0.2) is 0 Å². The van der Waals surface area contributed by atoms with Crippen molar-refractivity contribution in [1.29, 1.82) is 0 Å². The molecule has 0 aromatic carbocycles. The summed E-state index contributed by atoms with van der Waals surface area (Å²) in [6, 6.07) is 0.589. The molecule has 2 N–H and O–H groups in total. The number of rotatable bonds is 5. The van der Waals surface area contributed by atoms with Crippen LogP contribution < -0.4 is 10.6 Å². The van der Waals surface area contributed by atoms with E-state index >= 15 is 0 Å². The molecule has 0 atom stereocenters. The molecule has 0 aromatic heterocycles. The number of nitrogens with one attached hydrogen (secondary N) is 2. The highest BCUT2D eigenvalue weighted by atomic mass is 32.1. The molecular weight excluding hydrogens is 208 g/mol. The Morgan fingerprint density at radius 3 is 2.73 bits per heavy atom. The molecule has 88 valence electrons. The molecule has 1 fully saturated rings. The number of thiocarbonyl (C=S) groups is 1. The predicted octanol–water partition coefficient (Wildman–Crippen LogP) is 1.82. The first-order valence-corrected chi connectivity index (χ1v) is 6.36. The van der Waals surface area contributed by atoms with Crippen LogP contribution in [-0.2, 0) is 4.74 Å². The summed E-state index contributed by atoms with van der Waals surface area (Å²) in [6.07, 6.45) is 6.56. The topological polar surface area (TPSA) is 33.3 Å². The molecule has 4 heteroatoms. The summed E-state index contributed by atoms with van der Waals surface area (Å²) in [5, 5.41) is 7.30. The van der Waals surface area contributed by atoms with E-state index in [2.05, 4.69) is 10.6 Å². The van der Waals surface area contributed by atoms with Crippen LogP contribution >= 0.6 is 12.2 Å². The Hall–Kier alpha value is -0.350. The lowest BCUT2D eigenvalue weighted by molar-refractivity contribution is 0.152. The lowest BCUT2D eigenvalue weighted by Crippen LogP contribution is -2.43. The smallest absolute Gasteiger partial charge is 0.166 e. The first kappa shape index (κ1) is 12.7. The van der Waals surface area contributed by atoms with Gasteiger partial charge in [0, 0.05) is 19.2 Å². The molecule has 1 aliphatic carbocycles. The average Bonchev–Trinajstić information content (AvgIpc) is 2.26. The monoisotopic (exact) mass is 230 g/mol.